The molecular weight excluding hydrogens is 434 g/mol. The Bertz CT molecular complexity index is 1100. The van der Waals surface area contributed by atoms with Gasteiger partial charge >= 0.3 is 11.9 Å². The van der Waals surface area contributed by atoms with Gasteiger partial charge in [0, 0.05) is 10.1 Å². The lowest BCUT2D eigenvalue weighted by Gasteiger charge is -2.07. The number of fused-ring (bicyclic) bond motifs is 1. The maximum Gasteiger partial charge on any atom is 0.348 e. The van der Waals surface area contributed by atoms with Crippen LogP contribution in [0.5, 0.6) is 0 Å². The van der Waals surface area contributed by atoms with Gasteiger partial charge in [-0.1, -0.05) is 36.7 Å². The van der Waals surface area contributed by atoms with Gasteiger partial charge in [-0.05, 0) is 25.0 Å². The Morgan fingerprint density at radius 2 is 1.83 bits per heavy atom. The molecule has 6 nitrogen and oxygen atoms in total. The molecule has 152 valence electrons. The standard InChI is InChI=1S/C20H18ClNO5S2/c1-4-9-27-19(24)13-10(2)15(20(25)26-3)29-18(13)22-17(23)16-14(21)11-7-5-6-8-12(11)28-16/h5-8H,4,9H2,1-3H3,(H,22,23). The number of thiophene rings is 2. The Morgan fingerprint density at radius 1 is 1.10 bits per heavy atom. The predicted octanol–water partition coefficient (Wildman–Crippen LogP) is 5.53. The molecule has 0 saturated carbocycles. The van der Waals surface area contributed by atoms with Gasteiger partial charge in [-0.2, -0.15) is 0 Å². The summed E-state index contributed by atoms with van der Waals surface area (Å²) in [5.41, 5.74) is 0.551. The van der Waals surface area contributed by atoms with Crippen molar-refractivity contribution in [3.63, 3.8) is 0 Å². The highest BCUT2D eigenvalue weighted by Crippen LogP contribution is 2.38. The Hall–Kier alpha value is -2.42. The van der Waals surface area contributed by atoms with Crippen molar-refractivity contribution in [3.05, 3.63) is 50.2 Å². The topological polar surface area (TPSA) is 81.7 Å². The summed E-state index contributed by atoms with van der Waals surface area (Å²) in [6, 6.07) is 7.42. The average molecular weight is 452 g/mol. The van der Waals surface area contributed by atoms with Gasteiger partial charge in [0.1, 0.15) is 14.8 Å². The molecule has 3 aromatic rings. The van der Waals surface area contributed by atoms with Crippen molar-refractivity contribution >= 4 is 67.2 Å². The van der Waals surface area contributed by atoms with E-state index >= 15 is 0 Å². The third kappa shape index (κ3) is 4.14. The lowest BCUT2D eigenvalue weighted by Crippen LogP contribution is -2.14. The van der Waals surface area contributed by atoms with Gasteiger partial charge in [-0.15, -0.1) is 22.7 Å². The van der Waals surface area contributed by atoms with Crippen LogP contribution in [0.15, 0.2) is 24.3 Å². The van der Waals surface area contributed by atoms with Gasteiger partial charge in [-0.3, -0.25) is 4.79 Å². The number of methoxy groups -OCH3 is 1. The number of carbonyl (C=O) groups excluding carboxylic acids is 3. The van der Waals surface area contributed by atoms with Crippen LogP contribution in [-0.4, -0.2) is 31.6 Å². The van der Waals surface area contributed by atoms with E-state index in [0.29, 0.717) is 21.9 Å². The van der Waals surface area contributed by atoms with Crippen LogP contribution in [0.4, 0.5) is 5.00 Å². The minimum atomic E-state index is -0.603. The maximum absolute atomic E-state index is 12.9. The third-order valence-electron chi connectivity index (χ3n) is 4.13. The zero-order valence-corrected chi connectivity index (χ0v) is 18.3. The van der Waals surface area contributed by atoms with Crippen molar-refractivity contribution in [1.29, 1.82) is 0 Å². The molecule has 1 N–H and O–H groups in total. The zero-order valence-electron chi connectivity index (χ0n) is 16.0. The first-order chi connectivity index (χ1) is 13.9. The van der Waals surface area contributed by atoms with Crippen molar-refractivity contribution in [1.82, 2.24) is 0 Å². The summed E-state index contributed by atoms with van der Waals surface area (Å²) in [5, 5.41) is 4.08. The van der Waals surface area contributed by atoms with Crippen LogP contribution in [0.25, 0.3) is 10.1 Å². The number of amides is 1. The average Bonchev–Trinajstić information content (AvgIpc) is 3.23. The molecule has 2 aromatic heterocycles. The first-order valence-corrected chi connectivity index (χ1v) is 10.8. The van der Waals surface area contributed by atoms with Gasteiger partial charge in [0.05, 0.1) is 24.3 Å². The fourth-order valence-corrected chi connectivity index (χ4v) is 5.24. The van der Waals surface area contributed by atoms with Gasteiger partial charge in [0.15, 0.2) is 0 Å². The summed E-state index contributed by atoms with van der Waals surface area (Å²) < 4.78 is 10.9. The fraction of sp³-hybridized carbons (Fsp3) is 0.250. The first kappa shape index (κ1) is 21.3. The van der Waals surface area contributed by atoms with Gasteiger partial charge in [0.25, 0.3) is 5.91 Å². The predicted molar refractivity (Wildman–Crippen MR) is 116 cm³/mol. The van der Waals surface area contributed by atoms with E-state index in [9.17, 15) is 14.4 Å². The number of esters is 2. The van der Waals surface area contributed by atoms with E-state index in [1.807, 2.05) is 31.2 Å². The second kappa shape index (κ2) is 8.94. The third-order valence-corrected chi connectivity index (χ3v) is 6.99. The summed E-state index contributed by atoms with van der Waals surface area (Å²) >= 11 is 8.61. The molecule has 1 aromatic carbocycles. The molecule has 0 unspecified atom stereocenters. The number of ether oxygens (including phenoxy) is 2. The van der Waals surface area contributed by atoms with E-state index in [2.05, 4.69) is 5.32 Å². The lowest BCUT2D eigenvalue weighted by molar-refractivity contribution is 0.0506. The number of benzene rings is 1. The number of hydrogen-bond acceptors (Lipinski definition) is 7. The second-order valence-electron chi connectivity index (χ2n) is 6.08. The minimum Gasteiger partial charge on any atom is -0.465 e. The number of rotatable bonds is 6. The van der Waals surface area contributed by atoms with E-state index in [-0.39, 0.29) is 22.0 Å². The molecule has 0 aliphatic rings. The molecule has 0 fully saturated rings. The molecule has 2 heterocycles. The highest BCUT2D eigenvalue weighted by molar-refractivity contribution is 7.22. The van der Waals surface area contributed by atoms with Crippen molar-refractivity contribution in [2.75, 3.05) is 19.0 Å². The Labute approximate surface area is 180 Å². The highest BCUT2D eigenvalue weighted by Gasteiger charge is 2.28. The van der Waals surface area contributed by atoms with Gasteiger partial charge in [-0.25, -0.2) is 9.59 Å². The summed E-state index contributed by atoms with van der Waals surface area (Å²) in [6.45, 7) is 3.73. The number of nitrogens with one attached hydrogen (secondary N) is 1. The minimum absolute atomic E-state index is 0.148. The quantitative estimate of drug-likeness (QED) is 0.498. The summed E-state index contributed by atoms with van der Waals surface area (Å²) in [4.78, 5) is 38.1. The van der Waals surface area contributed by atoms with Crippen LogP contribution in [0, 0.1) is 6.92 Å². The van der Waals surface area contributed by atoms with Crippen molar-refractivity contribution in [2.45, 2.75) is 20.3 Å². The first-order valence-electron chi connectivity index (χ1n) is 8.76. The van der Waals surface area contributed by atoms with Crippen molar-refractivity contribution < 1.29 is 23.9 Å². The van der Waals surface area contributed by atoms with E-state index in [1.54, 1.807) is 6.92 Å². The van der Waals surface area contributed by atoms with Gasteiger partial charge in [0.2, 0.25) is 0 Å². The Morgan fingerprint density at radius 3 is 2.48 bits per heavy atom. The van der Waals surface area contributed by atoms with Crippen LogP contribution in [0.3, 0.4) is 0 Å². The maximum atomic E-state index is 12.9. The van der Waals surface area contributed by atoms with Crippen LogP contribution in [0.1, 0.15) is 48.6 Å². The lowest BCUT2D eigenvalue weighted by atomic mass is 10.1. The summed E-state index contributed by atoms with van der Waals surface area (Å²) in [7, 11) is 1.26. The molecule has 0 aliphatic heterocycles. The number of hydrogen-bond donors (Lipinski definition) is 1. The van der Waals surface area contributed by atoms with E-state index < -0.39 is 17.8 Å². The largest absolute Gasteiger partial charge is 0.465 e. The molecule has 9 heteroatoms. The Balaban J connectivity index is 2.00. The molecular formula is C20H18ClNO5S2. The molecule has 1 amide bonds. The zero-order chi connectivity index (χ0) is 21.1. The molecule has 0 saturated heterocycles. The summed E-state index contributed by atoms with van der Waals surface area (Å²) in [6.07, 6.45) is 0.651. The van der Waals surface area contributed by atoms with Crippen LogP contribution < -0.4 is 5.32 Å². The molecule has 0 atom stereocenters. The molecule has 3 rings (SSSR count). The van der Waals surface area contributed by atoms with Crippen molar-refractivity contribution in [3.8, 4) is 0 Å². The number of anilines is 1. The molecule has 29 heavy (non-hydrogen) atoms. The normalized spacial score (nSPS) is 10.8. The van der Waals surface area contributed by atoms with Crippen molar-refractivity contribution in [2.24, 2.45) is 0 Å². The van der Waals surface area contributed by atoms with Crippen LogP contribution in [-0.2, 0) is 9.47 Å². The van der Waals surface area contributed by atoms with E-state index in [1.165, 1.54) is 18.4 Å². The fourth-order valence-electron chi connectivity index (χ4n) is 2.72. The monoisotopic (exact) mass is 451 g/mol. The molecule has 0 aliphatic carbocycles. The van der Waals surface area contributed by atoms with E-state index in [4.69, 9.17) is 21.1 Å². The van der Waals surface area contributed by atoms with Gasteiger partial charge < -0.3 is 14.8 Å². The summed E-state index contributed by atoms with van der Waals surface area (Å²) in [5.74, 6) is -1.65. The number of carbonyl (C=O) groups is 3. The van der Waals surface area contributed by atoms with Crippen LogP contribution >= 0.6 is 34.3 Å². The highest BCUT2D eigenvalue weighted by atomic mass is 35.5. The number of halogens is 1. The molecule has 0 spiro atoms. The molecule has 0 bridgehead atoms. The smallest absolute Gasteiger partial charge is 0.348 e. The molecule has 0 radical (unpaired) electrons. The SMILES string of the molecule is CCCOC(=O)c1c(NC(=O)c2sc3ccccc3c2Cl)sc(C(=O)OC)c1C. The van der Waals surface area contributed by atoms with E-state index in [0.717, 1.165) is 21.4 Å². The van der Waals surface area contributed by atoms with Crippen LogP contribution in [0.2, 0.25) is 5.02 Å². The second-order valence-corrected chi connectivity index (χ2v) is 8.53. The Kier molecular flexibility index (Phi) is 6.56.